The molecule has 1 aromatic carbocycles. The van der Waals surface area contributed by atoms with Gasteiger partial charge in [0, 0.05) is 6.42 Å². The van der Waals surface area contributed by atoms with Crippen LogP contribution in [0.4, 0.5) is 0 Å². The van der Waals surface area contributed by atoms with Crippen LogP contribution in [-0.2, 0) is 9.47 Å². The maximum atomic E-state index is 5.51. The number of ether oxygens (including phenoxy) is 2. The number of rotatable bonds is 1. The lowest BCUT2D eigenvalue weighted by molar-refractivity contribution is -0.172. The second kappa shape index (κ2) is 3.90. The largest absolute Gasteiger partial charge is 0.352 e. The monoisotopic (exact) mass is 178 g/mol. The first-order valence-electron chi connectivity index (χ1n) is 4.64. The summed E-state index contributed by atoms with van der Waals surface area (Å²) in [6.45, 7) is 2.50. The standard InChI is InChI=1S/C11H14O2/c1-9-7-11(13-8-12-9)10-5-3-2-4-6-10/h2-6,9,11H,7-8H2,1H3. The Morgan fingerprint density at radius 3 is 2.62 bits per heavy atom. The van der Waals surface area contributed by atoms with E-state index in [-0.39, 0.29) is 6.10 Å². The Hall–Kier alpha value is -0.860. The quantitative estimate of drug-likeness (QED) is 0.657. The van der Waals surface area contributed by atoms with Gasteiger partial charge in [0.2, 0.25) is 0 Å². The minimum atomic E-state index is 0.213. The summed E-state index contributed by atoms with van der Waals surface area (Å²) in [4.78, 5) is 0. The molecular weight excluding hydrogens is 164 g/mol. The van der Waals surface area contributed by atoms with E-state index in [4.69, 9.17) is 9.47 Å². The summed E-state index contributed by atoms with van der Waals surface area (Å²) in [5, 5.41) is 0. The van der Waals surface area contributed by atoms with Gasteiger partial charge in [-0.2, -0.15) is 0 Å². The van der Waals surface area contributed by atoms with Crippen LogP contribution in [0.3, 0.4) is 0 Å². The lowest BCUT2D eigenvalue weighted by atomic mass is 10.0. The fourth-order valence-electron chi connectivity index (χ4n) is 1.58. The van der Waals surface area contributed by atoms with Crippen LogP contribution >= 0.6 is 0 Å². The molecule has 0 saturated carbocycles. The first-order chi connectivity index (χ1) is 6.36. The van der Waals surface area contributed by atoms with Gasteiger partial charge in [-0.15, -0.1) is 0 Å². The molecule has 1 aliphatic rings. The van der Waals surface area contributed by atoms with Gasteiger partial charge >= 0.3 is 0 Å². The topological polar surface area (TPSA) is 18.5 Å². The highest BCUT2D eigenvalue weighted by Crippen LogP contribution is 2.26. The molecule has 0 N–H and O–H groups in total. The fourth-order valence-corrected chi connectivity index (χ4v) is 1.58. The van der Waals surface area contributed by atoms with Gasteiger partial charge in [0.1, 0.15) is 6.79 Å². The van der Waals surface area contributed by atoms with Crippen molar-refractivity contribution in [2.45, 2.75) is 25.6 Å². The number of hydrogen-bond acceptors (Lipinski definition) is 2. The van der Waals surface area contributed by atoms with Crippen molar-refractivity contribution in [3.63, 3.8) is 0 Å². The first kappa shape index (κ1) is 8.73. The molecule has 0 amide bonds. The molecule has 1 aromatic rings. The van der Waals surface area contributed by atoms with Crippen molar-refractivity contribution in [2.24, 2.45) is 0 Å². The summed E-state index contributed by atoms with van der Waals surface area (Å²) in [5.74, 6) is 0. The SMILES string of the molecule is CC1CC(c2ccccc2)OCO1. The van der Waals surface area contributed by atoms with Crippen molar-refractivity contribution in [2.75, 3.05) is 6.79 Å². The van der Waals surface area contributed by atoms with Crippen molar-refractivity contribution in [1.29, 1.82) is 0 Å². The predicted octanol–water partition coefficient (Wildman–Crippen LogP) is 2.51. The molecule has 0 radical (unpaired) electrons. The van der Waals surface area contributed by atoms with E-state index in [1.165, 1.54) is 5.56 Å². The van der Waals surface area contributed by atoms with Crippen LogP contribution in [0.5, 0.6) is 0 Å². The molecule has 1 fully saturated rings. The molecule has 2 heteroatoms. The predicted molar refractivity (Wildman–Crippen MR) is 50.3 cm³/mol. The summed E-state index contributed by atoms with van der Waals surface area (Å²) in [6, 6.07) is 10.3. The molecule has 1 heterocycles. The molecule has 13 heavy (non-hydrogen) atoms. The molecule has 0 aromatic heterocycles. The van der Waals surface area contributed by atoms with Crippen LogP contribution in [-0.4, -0.2) is 12.9 Å². The van der Waals surface area contributed by atoms with E-state index in [1.807, 2.05) is 18.2 Å². The lowest BCUT2D eigenvalue weighted by Gasteiger charge is -2.27. The zero-order valence-electron chi connectivity index (χ0n) is 7.77. The summed E-state index contributed by atoms with van der Waals surface area (Å²) in [7, 11) is 0. The van der Waals surface area contributed by atoms with Gasteiger partial charge in [-0.1, -0.05) is 30.3 Å². The number of hydrogen-bond donors (Lipinski definition) is 0. The van der Waals surface area contributed by atoms with Crippen molar-refractivity contribution in [3.05, 3.63) is 35.9 Å². The molecule has 1 saturated heterocycles. The maximum Gasteiger partial charge on any atom is 0.147 e. The third-order valence-electron chi connectivity index (χ3n) is 2.34. The Morgan fingerprint density at radius 1 is 1.15 bits per heavy atom. The summed E-state index contributed by atoms with van der Waals surface area (Å²) in [5.41, 5.74) is 1.25. The average Bonchev–Trinajstić information content (AvgIpc) is 2.19. The first-order valence-corrected chi connectivity index (χ1v) is 4.64. The molecular formula is C11H14O2. The third-order valence-corrected chi connectivity index (χ3v) is 2.34. The molecule has 2 atom stereocenters. The Morgan fingerprint density at radius 2 is 1.92 bits per heavy atom. The van der Waals surface area contributed by atoms with Crippen molar-refractivity contribution < 1.29 is 9.47 Å². The van der Waals surface area contributed by atoms with Gasteiger partial charge in [0.25, 0.3) is 0 Å². The van der Waals surface area contributed by atoms with Gasteiger partial charge in [-0.05, 0) is 12.5 Å². The minimum absolute atomic E-state index is 0.213. The molecule has 70 valence electrons. The lowest BCUT2D eigenvalue weighted by Crippen LogP contribution is -2.23. The second-order valence-corrected chi connectivity index (χ2v) is 3.40. The van der Waals surface area contributed by atoms with Gasteiger partial charge in [0.05, 0.1) is 12.2 Å². The molecule has 1 aliphatic heterocycles. The van der Waals surface area contributed by atoms with E-state index in [2.05, 4.69) is 19.1 Å². The molecule has 0 bridgehead atoms. The molecule has 2 rings (SSSR count). The van der Waals surface area contributed by atoms with Crippen molar-refractivity contribution in [3.8, 4) is 0 Å². The smallest absolute Gasteiger partial charge is 0.147 e. The summed E-state index contributed by atoms with van der Waals surface area (Å²) < 4.78 is 10.8. The van der Waals surface area contributed by atoms with Crippen LogP contribution in [0.1, 0.15) is 25.0 Å². The van der Waals surface area contributed by atoms with E-state index >= 15 is 0 Å². The zero-order chi connectivity index (χ0) is 9.10. The zero-order valence-corrected chi connectivity index (χ0v) is 7.77. The van der Waals surface area contributed by atoms with Crippen LogP contribution < -0.4 is 0 Å². The van der Waals surface area contributed by atoms with E-state index in [0.29, 0.717) is 12.9 Å². The van der Waals surface area contributed by atoms with Crippen LogP contribution in [0.25, 0.3) is 0 Å². The summed E-state index contributed by atoms with van der Waals surface area (Å²) >= 11 is 0. The Bertz CT molecular complexity index is 258. The third kappa shape index (κ3) is 2.08. The second-order valence-electron chi connectivity index (χ2n) is 3.40. The highest BCUT2D eigenvalue weighted by molar-refractivity contribution is 5.17. The van der Waals surface area contributed by atoms with E-state index in [0.717, 1.165) is 6.42 Å². The normalized spacial score (nSPS) is 28.7. The van der Waals surface area contributed by atoms with E-state index in [1.54, 1.807) is 0 Å². The Balaban J connectivity index is 2.08. The highest BCUT2D eigenvalue weighted by Gasteiger charge is 2.20. The van der Waals surface area contributed by atoms with Crippen LogP contribution in [0, 0.1) is 0 Å². The molecule has 0 aliphatic carbocycles. The Labute approximate surface area is 78.5 Å². The molecule has 0 spiro atoms. The van der Waals surface area contributed by atoms with Gasteiger partial charge < -0.3 is 9.47 Å². The Kier molecular flexibility index (Phi) is 2.62. The highest BCUT2D eigenvalue weighted by atomic mass is 16.7. The maximum absolute atomic E-state index is 5.51. The molecule has 2 unspecified atom stereocenters. The minimum Gasteiger partial charge on any atom is -0.352 e. The van der Waals surface area contributed by atoms with E-state index in [9.17, 15) is 0 Å². The van der Waals surface area contributed by atoms with Crippen LogP contribution in [0.2, 0.25) is 0 Å². The van der Waals surface area contributed by atoms with Gasteiger partial charge in [-0.3, -0.25) is 0 Å². The summed E-state index contributed by atoms with van der Waals surface area (Å²) in [6.07, 6.45) is 1.47. The molecule has 2 nitrogen and oxygen atoms in total. The van der Waals surface area contributed by atoms with Crippen molar-refractivity contribution >= 4 is 0 Å². The van der Waals surface area contributed by atoms with E-state index < -0.39 is 0 Å². The van der Waals surface area contributed by atoms with Crippen molar-refractivity contribution in [1.82, 2.24) is 0 Å². The van der Waals surface area contributed by atoms with Crippen LogP contribution in [0.15, 0.2) is 30.3 Å². The van der Waals surface area contributed by atoms with Gasteiger partial charge in [0.15, 0.2) is 0 Å². The number of benzene rings is 1. The fraction of sp³-hybridized carbons (Fsp3) is 0.455. The average molecular weight is 178 g/mol. The van der Waals surface area contributed by atoms with Gasteiger partial charge in [-0.25, -0.2) is 0 Å².